The summed E-state index contributed by atoms with van der Waals surface area (Å²) in [6.45, 7) is 0.331. The molecule has 0 aromatic heterocycles. The maximum absolute atomic E-state index is 11.9. The van der Waals surface area contributed by atoms with Crippen LogP contribution in [0.25, 0.3) is 0 Å². The van der Waals surface area contributed by atoms with Gasteiger partial charge in [0, 0.05) is 0 Å². The van der Waals surface area contributed by atoms with Gasteiger partial charge in [0.1, 0.15) is 6.61 Å². The van der Waals surface area contributed by atoms with E-state index in [4.69, 9.17) is 10.6 Å². The Labute approximate surface area is 105 Å². The van der Waals surface area contributed by atoms with E-state index in [1.807, 2.05) is 6.08 Å². The second-order valence-electron chi connectivity index (χ2n) is 4.69. The van der Waals surface area contributed by atoms with Gasteiger partial charge in [0.05, 0.1) is 5.57 Å². The van der Waals surface area contributed by atoms with Crippen LogP contribution in [-0.4, -0.2) is 23.4 Å². The quantitative estimate of drug-likeness (QED) is 0.338. The lowest BCUT2D eigenvalue weighted by atomic mass is 9.92. The molecule has 5 nitrogen and oxygen atoms in total. The Hall–Kier alpha value is -1.88. The number of amides is 2. The van der Waals surface area contributed by atoms with Crippen LogP contribution in [0.15, 0.2) is 35.1 Å². The van der Waals surface area contributed by atoms with Crippen LogP contribution < -0.4 is 5.84 Å². The van der Waals surface area contributed by atoms with Crippen LogP contribution in [0, 0.1) is 5.92 Å². The summed E-state index contributed by atoms with van der Waals surface area (Å²) in [4.78, 5) is 23.6. The number of carbonyl (C=O) groups excluding carboxylic acids is 2. The van der Waals surface area contributed by atoms with Crippen LogP contribution in [0.2, 0.25) is 0 Å². The Morgan fingerprint density at radius 3 is 2.94 bits per heavy atom. The summed E-state index contributed by atoms with van der Waals surface area (Å²) < 4.78 is 5.24. The summed E-state index contributed by atoms with van der Waals surface area (Å²) in [5, 5.41) is 0.633. The van der Waals surface area contributed by atoms with Gasteiger partial charge >= 0.3 is 5.91 Å². The number of allylic oxidation sites excluding steroid dienone is 2. The average Bonchev–Trinajstić information content (AvgIpc) is 2.95. The smallest absolute Gasteiger partial charge is 0.311 e. The van der Waals surface area contributed by atoms with Crippen LogP contribution in [0.3, 0.4) is 0 Å². The maximum atomic E-state index is 11.9. The third kappa shape index (κ3) is 1.59. The molecule has 0 radical (unpaired) electrons. The van der Waals surface area contributed by atoms with E-state index in [0.29, 0.717) is 23.1 Å². The lowest BCUT2D eigenvalue weighted by Gasteiger charge is -2.17. The Morgan fingerprint density at radius 2 is 2.22 bits per heavy atom. The molecule has 0 spiro atoms. The molecule has 0 saturated heterocycles. The van der Waals surface area contributed by atoms with Crippen LogP contribution in [0.1, 0.15) is 19.3 Å². The number of hydrazine groups is 1. The predicted molar refractivity (Wildman–Crippen MR) is 63.6 cm³/mol. The number of hydrogen-bond donors (Lipinski definition) is 1. The molecular formula is C13H14N2O3. The van der Waals surface area contributed by atoms with Gasteiger partial charge in [-0.3, -0.25) is 9.59 Å². The van der Waals surface area contributed by atoms with E-state index in [0.717, 1.165) is 24.8 Å². The molecule has 0 saturated carbocycles. The molecule has 0 aromatic rings. The Bertz CT molecular complexity index is 516. The number of nitrogens with two attached hydrogens (primary N) is 1. The lowest BCUT2D eigenvalue weighted by Crippen LogP contribution is -2.38. The number of carbonyl (C=O) groups is 2. The normalized spacial score (nSPS) is 26.6. The Morgan fingerprint density at radius 1 is 1.39 bits per heavy atom. The molecule has 18 heavy (non-hydrogen) atoms. The Balaban J connectivity index is 1.89. The molecule has 2 heterocycles. The van der Waals surface area contributed by atoms with E-state index < -0.39 is 11.8 Å². The number of rotatable bonds is 2. The maximum Gasteiger partial charge on any atom is 0.311 e. The van der Waals surface area contributed by atoms with Crippen molar-refractivity contribution in [2.75, 3.05) is 6.61 Å². The molecule has 2 aliphatic heterocycles. The molecule has 0 aromatic carbocycles. The summed E-state index contributed by atoms with van der Waals surface area (Å²) >= 11 is 0. The fraction of sp³-hybridized carbons (Fsp3) is 0.385. The van der Waals surface area contributed by atoms with Crippen molar-refractivity contribution in [3.63, 3.8) is 0 Å². The molecule has 0 fully saturated rings. The SMILES string of the molecule is NN1C(=O)C2=C(C1=O)C(CC1C=CCC1)=CCO2. The summed E-state index contributed by atoms with van der Waals surface area (Å²) in [6, 6.07) is 0. The summed E-state index contributed by atoms with van der Waals surface area (Å²) in [5.74, 6) is 4.98. The highest BCUT2D eigenvalue weighted by Crippen LogP contribution is 2.34. The topological polar surface area (TPSA) is 72.6 Å². The van der Waals surface area contributed by atoms with Crippen LogP contribution in [0.5, 0.6) is 0 Å². The van der Waals surface area contributed by atoms with Crippen molar-refractivity contribution in [2.45, 2.75) is 19.3 Å². The van der Waals surface area contributed by atoms with Gasteiger partial charge < -0.3 is 4.74 Å². The monoisotopic (exact) mass is 246 g/mol. The molecule has 1 unspecified atom stereocenters. The second-order valence-corrected chi connectivity index (χ2v) is 4.69. The zero-order valence-corrected chi connectivity index (χ0v) is 9.89. The molecule has 1 aliphatic carbocycles. The number of nitrogens with zero attached hydrogens (tertiary/aromatic N) is 1. The number of imide groups is 1. The van der Waals surface area contributed by atoms with E-state index >= 15 is 0 Å². The van der Waals surface area contributed by atoms with E-state index in [1.165, 1.54) is 0 Å². The first-order valence-electron chi connectivity index (χ1n) is 6.05. The fourth-order valence-electron chi connectivity index (χ4n) is 2.60. The average molecular weight is 246 g/mol. The first-order chi connectivity index (χ1) is 8.68. The van der Waals surface area contributed by atoms with Crippen LogP contribution in [0.4, 0.5) is 0 Å². The third-order valence-electron chi connectivity index (χ3n) is 3.55. The van der Waals surface area contributed by atoms with E-state index in [1.54, 1.807) is 0 Å². The van der Waals surface area contributed by atoms with Gasteiger partial charge in [0.2, 0.25) is 0 Å². The molecule has 2 amide bonds. The minimum Gasteiger partial charge on any atom is -0.483 e. The standard InChI is InChI=1S/C13H14N2O3/c14-15-12(16)10-9(7-8-3-1-2-4-8)5-6-18-11(10)13(15)17/h1,3,5,8H,2,4,6-7,14H2. The van der Waals surface area contributed by atoms with Crippen molar-refractivity contribution in [1.82, 2.24) is 5.01 Å². The van der Waals surface area contributed by atoms with Crippen LogP contribution in [-0.2, 0) is 14.3 Å². The van der Waals surface area contributed by atoms with Gasteiger partial charge in [-0.2, -0.15) is 0 Å². The molecule has 0 bridgehead atoms. The minimum atomic E-state index is -0.539. The summed E-state index contributed by atoms with van der Waals surface area (Å²) in [5.41, 5.74) is 1.24. The summed E-state index contributed by atoms with van der Waals surface area (Å²) in [7, 11) is 0. The number of ether oxygens (including phenoxy) is 1. The lowest BCUT2D eigenvalue weighted by molar-refractivity contribution is -0.139. The minimum absolute atomic E-state index is 0.113. The van der Waals surface area contributed by atoms with Gasteiger partial charge in [-0.15, -0.1) is 0 Å². The van der Waals surface area contributed by atoms with E-state index in [-0.39, 0.29) is 5.76 Å². The van der Waals surface area contributed by atoms with Crippen molar-refractivity contribution in [3.8, 4) is 0 Å². The van der Waals surface area contributed by atoms with Gasteiger partial charge in [-0.05, 0) is 36.8 Å². The van der Waals surface area contributed by atoms with Crippen molar-refractivity contribution in [2.24, 2.45) is 11.8 Å². The molecular weight excluding hydrogens is 232 g/mol. The van der Waals surface area contributed by atoms with Crippen molar-refractivity contribution in [3.05, 3.63) is 35.1 Å². The first kappa shape index (κ1) is 11.2. The predicted octanol–water partition coefficient (Wildman–Crippen LogP) is 0.796. The molecule has 3 rings (SSSR count). The van der Waals surface area contributed by atoms with Gasteiger partial charge in [0.15, 0.2) is 5.76 Å². The third-order valence-corrected chi connectivity index (χ3v) is 3.55. The van der Waals surface area contributed by atoms with E-state index in [2.05, 4.69) is 12.2 Å². The number of hydrogen-bond acceptors (Lipinski definition) is 4. The summed E-state index contributed by atoms with van der Waals surface area (Å²) in [6.07, 6.45) is 9.13. The zero-order valence-electron chi connectivity index (χ0n) is 9.89. The van der Waals surface area contributed by atoms with Crippen molar-refractivity contribution < 1.29 is 14.3 Å². The highest BCUT2D eigenvalue weighted by molar-refractivity contribution is 6.20. The molecule has 94 valence electrons. The molecule has 5 heteroatoms. The van der Waals surface area contributed by atoms with E-state index in [9.17, 15) is 9.59 Å². The molecule has 2 N–H and O–H groups in total. The fourth-order valence-corrected chi connectivity index (χ4v) is 2.60. The van der Waals surface area contributed by atoms with Gasteiger partial charge in [-0.25, -0.2) is 10.9 Å². The van der Waals surface area contributed by atoms with Crippen molar-refractivity contribution >= 4 is 11.8 Å². The zero-order chi connectivity index (χ0) is 12.7. The first-order valence-corrected chi connectivity index (χ1v) is 6.05. The highest BCUT2D eigenvalue weighted by Gasteiger charge is 2.41. The molecule has 3 aliphatic rings. The van der Waals surface area contributed by atoms with Crippen molar-refractivity contribution in [1.29, 1.82) is 0 Å². The molecule has 1 atom stereocenters. The van der Waals surface area contributed by atoms with Gasteiger partial charge in [0.25, 0.3) is 5.91 Å². The van der Waals surface area contributed by atoms with Crippen LogP contribution >= 0.6 is 0 Å². The second kappa shape index (κ2) is 4.10. The van der Waals surface area contributed by atoms with Gasteiger partial charge in [-0.1, -0.05) is 12.2 Å². The largest absolute Gasteiger partial charge is 0.483 e. The highest BCUT2D eigenvalue weighted by atomic mass is 16.5. The Kier molecular flexibility index (Phi) is 2.56.